The van der Waals surface area contributed by atoms with Crippen molar-refractivity contribution < 1.29 is 19.0 Å². The SMILES string of the molecule is CCC(=O)OCOn1on1N1CCC1. The molecule has 1 saturated heterocycles. The molecule has 2 rings (SSSR count). The standard InChI is InChI=1S/C7H13N3O4/c1-2-7(11)12-6-13-10-9(14-10)8-4-3-5-8/h2-6H2,1H3. The minimum atomic E-state index is -0.289. The minimum absolute atomic E-state index is 0.114. The van der Waals surface area contributed by atoms with Crippen LogP contribution in [0, 0.1) is 0 Å². The summed E-state index contributed by atoms with van der Waals surface area (Å²) in [5.41, 5.74) is 0. The molecular weight excluding hydrogens is 190 g/mol. The molecule has 0 bridgehead atoms. The van der Waals surface area contributed by atoms with E-state index in [1.165, 1.54) is 16.4 Å². The fraction of sp³-hybridized carbons (Fsp3) is 0.857. The smallest absolute Gasteiger partial charge is 0.308 e. The highest BCUT2D eigenvalue weighted by atomic mass is 17.0. The van der Waals surface area contributed by atoms with Gasteiger partial charge in [0.25, 0.3) is 6.79 Å². The van der Waals surface area contributed by atoms with Gasteiger partial charge in [0.1, 0.15) is 5.02 Å². The highest BCUT2D eigenvalue weighted by molar-refractivity contribution is 5.68. The van der Waals surface area contributed by atoms with Gasteiger partial charge in [0.05, 0.1) is 0 Å². The van der Waals surface area contributed by atoms with Crippen LogP contribution in [0.3, 0.4) is 0 Å². The zero-order valence-corrected chi connectivity index (χ0v) is 8.01. The Bertz CT molecular complexity index is 296. The number of carbonyl (C=O) groups is 1. The molecule has 0 aliphatic carbocycles. The topological polar surface area (TPSA) is 61.8 Å². The molecule has 0 radical (unpaired) electrons. The van der Waals surface area contributed by atoms with Crippen LogP contribution < -0.4 is 9.85 Å². The second-order valence-electron chi connectivity index (χ2n) is 3.00. The van der Waals surface area contributed by atoms with Gasteiger partial charge in [0.2, 0.25) is 0 Å². The van der Waals surface area contributed by atoms with Crippen LogP contribution in [0.5, 0.6) is 0 Å². The molecule has 0 aromatic carbocycles. The molecule has 14 heavy (non-hydrogen) atoms. The summed E-state index contributed by atoms with van der Waals surface area (Å²) in [4.78, 5) is 17.1. The monoisotopic (exact) mass is 203 g/mol. The van der Waals surface area contributed by atoms with Gasteiger partial charge in [-0.1, -0.05) is 6.92 Å². The third-order valence-electron chi connectivity index (χ3n) is 2.00. The van der Waals surface area contributed by atoms with Crippen molar-refractivity contribution in [2.45, 2.75) is 19.8 Å². The lowest BCUT2D eigenvalue weighted by Crippen LogP contribution is -2.44. The summed E-state index contributed by atoms with van der Waals surface area (Å²) in [7, 11) is 0. The van der Waals surface area contributed by atoms with Gasteiger partial charge in [-0.3, -0.25) is 9.80 Å². The quantitative estimate of drug-likeness (QED) is 0.479. The van der Waals surface area contributed by atoms with E-state index < -0.39 is 0 Å². The molecule has 0 atom stereocenters. The number of nitrogens with zero attached hydrogens (tertiary/aromatic N) is 3. The van der Waals surface area contributed by atoms with E-state index in [0.717, 1.165) is 13.1 Å². The van der Waals surface area contributed by atoms with Crippen molar-refractivity contribution in [2.24, 2.45) is 0 Å². The van der Waals surface area contributed by atoms with Gasteiger partial charge in [0, 0.05) is 24.5 Å². The maximum absolute atomic E-state index is 10.7. The van der Waals surface area contributed by atoms with E-state index in [0.29, 0.717) is 6.42 Å². The molecule has 1 aromatic rings. The average molecular weight is 203 g/mol. The van der Waals surface area contributed by atoms with Crippen LogP contribution in [-0.2, 0) is 9.53 Å². The Balaban J connectivity index is 1.62. The van der Waals surface area contributed by atoms with Crippen LogP contribution in [0.4, 0.5) is 0 Å². The average Bonchev–Trinajstić information content (AvgIpc) is 2.81. The third-order valence-corrected chi connectivity index (χ3v) is 2.00. The number of hydrogen-bond acceptors (Lipinski definition) is 5. The summed E-state index contributed by atoms with van der Waals surface area (Å²) in [6.45, 7) is 3.54. The van der Waals surface area contributed by atoms with Crippen molar-refractivity contribution in [3.63, 3.8) is 0 Å². The zero-order valence-electron chi connectivity index (χ0n) is 8.01. The van der Waals surface area contributed by atoms with Gasteiger partial charge in [-0.15, -0.1) is 0 Å². The highest BCUT2D eigenvalue weighted by Gasteiger charge is 2.25. The van der Waals surface area contributed by atoms with Crippen LogP contribution >= 0.6 is 0 Å². The first kappa shape index (κ1) is 9.04. The first-order valence-electron chi connectivity index (χ1n) is 4.63. The van der Waals surface area contributed by atoms with E-state index in [4.69, 9.17) is 14.2 Å². The zero-order chi connectivity index (χ0) is 9.97. The number of hydrogen-bond donors (Lipinski definition) is 0. The van der Waals surface area contributed by atoms with Gasteiger partial charge < -0.3 is 9.57 Å². The first-order valence-corrected chi connectivity index (χ1v) is 4.63. The lowest BCUT2D eigenvalue weighted by atomic mass is 10.3. The normalized spacial score (nSPS) is 15.4. The molecule has 0 unspecified atom stereocenters. The predicted octanol–water partition coefficient (Wildman–Crippen LogP) is -0.436. The minimum Gasteiger partial charge on any atom is -0.426 e. The fourth-order valence-corrected chi connectivity index (χ4v) is 0.984. The molecule has 1 aromatic heterocycles. The summed E-state index contributed by atoms with van der Waals surface area (Å²) in [6.07, 6.45) is 1.51. The molecule has 1 aliphatic heterocycles. The fourth-order valence-electron chi connectivity index (χ4n) is 0.984. The molecule has 0 spiro atoms. The summed E-state index contributed by atoms with van der Waals surface area (Å²) < 4.78 is 9.61. The number of rotatable bonds is 5. The Morgan fingerprint density at radius 2 is 2.29 bits per heavy atom. The molecule has 0 N–H and O–H groups in total. The number of ether oxygens (including phenoxy) is 1. The predicted molar refractivity (Wildman–Crippen MR) is 45.1 cm³/mol. The molecular formula is C7H13N3O4. The van der Waals surface area contributed by atoms with Crippen molar-refractivity contribution in [1.29, 1.82) is 0 Å². The molecule has 1 fully saturated rings. The Morgan fingerprint density at radius 3 is 2.86 bits per heavy atom. The number of aromatic nitrogens is 2. The second-order valence-corrected chi connectivity index (χ2v) is 3.00. The second kappa shape index (κ2) is 3.69. The van der Waals surface area contributed by atoms with E-state index >= 15 is 0 Å². The van der Waals surface area contributed by atoms with E-state index in [1.807, 2.05) is 5.01 Å². The number of carbonyl (C=O) groups excluding carboxylic acids is 1. The molecule has 7 heteroatoms. The lowest BCUT2D eigenvalue weighted by molar-refractivity contribution is -0.159. The van der Waals surface area contributed by atoms with Crippen molar-refractivity contribution >= 4 is 5.97 Å². The van der Waals surface area contributed by atoms with Crippen LogP contribution in [0.15, 0.2) is 4.63 Å². The first-order chi connectivity index (χ1) is 6.81. The van der Waals surface area contributed by atoms with Crippen molar-refractivity contribution in [3.8, 4) is 0 Å². The van der Waals surface area contributed by atoms with Gasteiger partial charge >= 0.3 is 5.97 Å². The molecule has 0 saturated carbocycles. The van der Waals surface area contributed by atoms with Crippen LogP contribution in [0.25, 0.3) is 0 Å². The molecule has 1 aliphatic rings. The highest BCUT2D eigenvalue weighted by Crippen LogP contribution is 2.07. The van der Waals surface area contributed by atoms with Crippen molar-refractivity contribution in [1.82, 2.24) is 9.98 Å². The van der Waals surface area contributed by atoms with Gasteiger partial charge in [0.15, 0.2) is 0 Å². The van der Waals surface area contributed by atoms with Gasteiger partial charge in [-0.2, -0.15) is 4.63 Å². The summed E-state index contributed by atoms with van der Waals surface area (Å²) >= 11 is 0. The van der Waals surface area contributed by atoms with Crippen molar-refractivity contribution in [2.75, 3.05) is 24.9 Å². The van der Waals surface area contributed by atoms with Crippen LogP contribution in [-0.4, -0.2) is 35.8 Å². The van der Waals surface area contributed by atoms with Crippen LogP contribution in [0.2, 0.25) is 0 Å². The molecule has 2 heterocycles. The molecule has 0 amide bonds. The molecule has 80 valence electrons. The van der Waals surface area contributed by atoms with Crippen molar-refractivity contribution in [3.05, 3.63) is 0 Å². The van der Waals surface area contributed by atoms with E-state index in [2.05, 4.69) is 0 Å². The van der Waals surface area contributed by atoms with Gasteiger partial charge in [-0.25, -0.2) is 0 Å². The summed E-state index contributed by atoms with van der Waals surface area (Å²) in [5, 5.41) is 3.14. The van der Waals surface area contributed by atoms with Crippen LogP contribution in [0.1, 0.15) is 19.8 Å². The Kier molecular flexibility index (Phi) is 2.38. The Hall–Kier alpha value is -1.53. The summed E-state index contributed by atoms with van der Waals surface area (Å²) in [6, 6.07) is 0. The Morgan fingerprint density at radius 1 is 1.50 bits per heavy atom. The maximum atomic E-state index is 10.7. The van der Waals surface area contributed by atoms with E-state index in [1.54, 1.807) is 6.92 Å². The third kappa shape index (κ3) is 1.86. The summed E-state index contributed by atoms with van der Waals surface area (Å²) in [5.74, 6) is -0.289. The molecule has 7 nitrogen and oxygen atoms in total. The maximum Gasteiger partial charge on any atom is 0.308 e. The lowest BCUT2D eigenvalue weighted by Gasteiger charge is -2.25. The number of esters is 1. The van der Waals surface area contributed by atoms with E-state index in [9.17, 15) is 4.79 Å². The Labute approximate surface area is 80.6 Å². The largest absolute Gasteiger partial charge is 0.426 e. The van der Waals surface area contributed by atoms with Gasteiger partial charge in [-0.05, 0) is 6.42 Å². The van der Waals surface area contributed by atoms with E-state index in [-0.39, 0.29) is 12.8 Å².